The minimum atomic E-state index is -0.237. The second-order valence-corrected chi connectivity index (χ2v) is 8.16. The van der Waals surface area contributed by atoms with Crippen molar-refractivity contribution in [2.75, 3.05) is 5.32 Å². The molecule has 3 aromatic rings. The van der Waals surface area contributed by atoms with Crippen molar-refractivity contribution >= 4 is 56.6 Å². The fourth-order valence-corrected chi connectivity index (χ4v) is 4.14. The first kappa shape index (κ1) is 20.1. The third-order valence-electron chi connectivity index (χ3n) is 3.98. The van der Waals surface area contributed by atoms with E-state index in [0.29, 0.717) is 17.1 Å². The van der Waals surface area contributed by atoms with Gasteiger partial charge in [-0.05, 0) is 43.7 Å². The van der Waals surface area contributed by atoms with Gasteiger partial charge in [-0.2, -0.15) is 0 Å². The zero-order valence-electron chi connectivity index (χ0n) is 15.7. The summed E-state index contributed by atoms with van der Waals surface area (Å²) in [6, 6.07) is 15.2. The van der Waals surface area contributed by atoms with Crippen molar-refractivity contribution in [2.45, 2.75) is 26.3 Å². The predicted molar refractivity (Wildman–Crippen MR) is 118 cm³/mol. The van der Waals surface area contributed by atoms with Crippen molar-refractivity contribution in [3.05, 3.63) is 70.1 Å². The fraction of sp³-hybridized carbons (Fsp3) is 0.182. The van der Waals surface area contributed by atoms with Crippen LogP contribution in [0.2, 0.25) is 5.02 Å². The standard InChI is InChI=1S/C22H21ClN2O2S/c1-14(2)24-21(27)13-15-7-9-16(10-8-15)25-20(26)12-11-19-22(23)17-5-3-4-6-18(17)28-19/h3-12,14H,13H2,1-2H3,(H,24,27)(H,25,26)/b12-11+. The third-order valence-corrected chi connectivity index (χ3v) is 5.64. The van der Waals surface area contributed by atoms with Gasteiger partial charge in [0.1, 0.15) is 0 Å². The van der Waals surface area contributed by atoms with Crippen molar-refractivity contribution in [2.24, 2.45) is 0 Å². The van der Waals surface area contributed by atoms with Crippen molar-refractivity contribution in [3.63, 3.8) is 0 Å². The first-order valence-electron chi connectivity index (χ1n) is 8.97. The lowest BCUT2D eigenvalue weighted by molar-refractivity contribution is -0.121. The van der Waals surface area contributed by atoms with Crippen molar-refractivity contribution in [3.8, 4) is 0 Å². The van der Waals surface area contributed by atoms with Crippen molar-refractivity contribution in [1.82, 2.24) is 5.32 Å². The molecule has 0 aliphatic carbocycles. The molecule has 144 valence electrons. The van der Waals surface area contributed by atoms with Gasteiger partial charge in [-0.25, -0.2) is 0 Å². The Kier molecular flexibility index (Phi) is 6.49. The molecule has 2 amide bonds. The van der Waals surface area contributed by atoms with Gasteiger partial charge >= 0.3 is 0 Å². The maximum atomic E-state index is 12.2. The average Bonchev–Trinajstić information content (AvgIpc) is 2.97. The second-order valence-electron chi connectivity index (χ2n) is 6.69. The van der Waals surface area contributed by atoms with E-state index in [2.05, 4.69) is 10.6 Å². The summed E-state index contributed by atoms with van der Waals surface area (Å²) in [7, 11) is 0. The van der Waals surface area contributed by atoms with Crippen LogP contribution in [-0.4, -0.2) is 17.9 Å². The molecule has 0 unspecified atom stereocenters. The maximum absolute atomic E-state index is 12.2. The Hall–Kier alpha value is -2.63. The number of carbonyl (C=O) groups is 2. The normalized spacial score (nSPS) is 11.3. The number of halogens is 1. The molecular formula is C22H21ClN2O2S. The van der Waals surface area contributed by atoms with Crippen LogP contribution in [0, 0.1) is 0 Å². The summed E-state index contributed by atoms with van der Waals surface area (Å²) in [6.45, 7) is 3.85. The molecular weight excluding hydrogens is 392 g/mol. The van der Waals surface area contributed by atoms with Gasteiger partial charge in [0.05, 0.1) is 11.4 Å². The number of anilines is 1. The molecule has 28 heavy (non-hydrogen) atoms. The Labute approximate surface area is 173 Å². The van der Waals surface area contributed by atoms with Gasteiger partial charge in [0.25, 0.3) is 0 Å². The highest BCUT2D eigenvalue weighted by atomic mass is 35.5. The quantitative estimate of drug-likeness (QED) is 0.541. The smallest absolute Gasteiger partial charge is 0.248 e. The fourth-order valence-electron chi connectivity index (χ4n) is 2.74. The number of amides is 2. The van der Waals surface area contributed by atoms with E-state index in [-0.39, 0.29) is 17.9 Å². The van der Waals surface area contributed by atoms with Gasteiger partial charge in [-0.15, -0.1) is 11.3 Å². The molecule has 4 nitrogen and oxygen atoms in total. The highest BCUT2D eigenvalue weighted by molar-refractivity contribution is 7.20. The number of rotatable bonds is 6. The summed E-state index contributed by atoms with van der Waals surface area (Å²) in [4.78, 5) is 24.8. The van der Waals surface area contributed by atoms with E-state index in [1.807, 2.05) is 50.2 Å². The number of fused-ring (bicyclic) bond motifs is 1. The Bertz CT molecular complexity index is 1020. The number of thiophene rings is 1. The Morgan fingerprint density at radius 1 is 1.11 bits per heavy atom. The molecule has 0 bridgehead atoms. The summed E-state index contributed by atoms with van der Waals surface area (Å²) >= 11 is 7.93. The lowest BCUT2D eigenvalue weighted by atomic mass is 10.1. The van der Waals surface area contributed by atoms with Crippen molar-refractivity contribution < 1.29 is 9.59 Å². The molecule has 2 N–H and O–H groups in total. The lowest BCUT2D eigenvalue weighted by Gasteiger charge is -2.08. The SMILES string of the molecule is CC(C)NC(=O)Cc1ccc(NC(=O)/C=C/c2sc3ccccc3c2Cl)cc1. The first-order chi connectivity index (χ1) is 13.4. The molecule has 0 saturated heterocycles. The third kappa shape index (κ3) is 5.21. The summed E-state index contributed by atoms with van der Waals surface area (Å²) in [5.41, 5.74) is 1.56. The molecule has 1 heterocycles. The largest absolute Gasteiger partial charge is 0.354 e. The molecule has 0 atom stereocenters. The van der Waals surface area contributed by atoms with Gasteiger partial charge in [0.15, 0.2) is 0 Å². The molecule has 1 aromatic heterocycles. The van der Waals surface area contributed by atoms with Crippen LogP contribution >= 0.6 is 22.9 Å². The van der Waals surface area contributed by atoms with Crippen LogP contribution in [-0.2, 0) is 16.0 Å². The molecule has 6 heteroatoms. The zero-order chi connectivity index (χ0) is 20.1. The van der Waals surface area contributed by atoms with E-state index in [9.17, 15) is 9.59 Å². The number of benzene rings is 2. The highest BCUT2D eigenvalue weighted by Gasteiger charge is 2.08. The Balaban J connectivity index is 1.60. The molecule has 0 fully saturated rings. The van der Waals surface area contributed by atoms with E-state index in [0.717, 1.165) is 20.5 Å². The minimum Gasteiger partial charge on any atom is -0.354 e. The van der Waals surface area contributed by atoms with Gasteiger partial charge in [0, 0.05) is 32.8 Å². The van der Waals surface area contributed by atoms with Gasteiger partial charge in [-0.3, -0.25) is 9.59 Å². The second kappa shape index (κ2) is 9.04. The van der Waals surface area contributed by atoms with Gasteiger partial charge in [0.2, 0.25) is 11.8 Å². The van der Waals surface area contributed by atoms with Gasteiger partial charge < -0.3 is 10.6 Å². The molecule has 0 aliphatic rings. The van der Waals surface area contributed by atoms with E-state index < -0.39 is 0 Å². The van der Waals surface area contributed by atoms with E-state index >= 15 is 0 Å². The van der Waals surface area contributed by atoms with Crippen LogP contribution in [0.4, 0.5) is 5.69 Å². The molecule has 0 radical (unpaired) electrons. The number of carbonyl (C=O) groups excluding carboxylic acids is 2. The van der Waals surface area contributed by atoms with Crippen LogP contribution in [0.5, 0.6) is 0 Å². The summed E-state index contributed by atoms with van der Waals surface area (Å²) in [5.74, 6) is -0.256. The Morgan fingerprint density at radius 2 is 1.82 bits per heavy atom. The number of hydrogen-bond acceptors (Lipinski definition) is 3. The molecule has 0 saturated carbocycles. The van der Waals surface area contributed by atoms with Crippen molar-refractivity contribution in [1.29, 1.82) is 0 Å². The van der Waals surface area contributed by atoms with E-state index in [1.54, 1.807) is 29.5 Å². The van der Waals surface area contributed by atoms with Crippen LogP contribution in [0.3, 0.4) is 0 Å². The molecule has 0 aliphatic heterocycles. The zero-order valence-corrected chi connectivity index (χ0v) is 17.2. The molecule has 0 spiro atoms. The number of nitrogens with one attached hydrogen (secondary N) is 2. The molecule has 2 aromatic carbocycles. The van der Waals surface area contributed by atoms with Gasteiger partial charge in [-0.1, -0.05) is 41.9 Å². The lowest BCUT2D eigenvalue weighted by Crippen LogP contribution is -2.31. The topological polar surface area (TPSA) is 58.2 Å². The average molecular weight is 413 g/mol. The first-order valence-corrected chi connectivity index (χ1v) is 10.2. The van der Waals surface area contributed by atoms with E-state index in [1.165, 1.54) is 6.08 Å². The summed E-state index contributed by atoms with van der Waals surface area (Å²) < 4.78 is 1.09. The summed E-state index contributed by atoms with van der Waals surface area (Å²) in [6.07, 6.45) is 3.52. The maximum Gasteiger partial charge on any atom is 0.248 e. The van der Waals surface area contributed by atoms with Crippen LogP contribution in [0.25, 0.3) is 16.2 Å². The Morgan fingerprint density at radius 3 is 2.50 bits per heavy atom. The predicted octanol–water partition coefficient (Wildman–Crippen LogP) is 5.27. The number of hydrogen-bond donors (Lipinski definition) is 2. The van der Waals surface area contributed by atoms with Crippen LogP contribution in [0.15, 0.2) is 54.6 Å². The molecule has 3 rings (SSSR count). The minimum absolute atomic E-state index is 0.0186. The monoisotopic (exact) mass is 412 g/mol. The highest BCUT2D eigenvalue weighted by Crippen LogP contribution is 2.35. The summed E-state index contributed by atoms with van der Waals surface area (Å²) in [5, 5.41) is 7.32. The van der Waals surface area contributed by atoms with Crippen LogP contribution < -0.4 is 10.6 Å². The van der Waals surface area contributed by atoms with E-state index in [4.69, 9.17) is 11.6 Å². The van der Waals surface area contributed by atoms with Crippen LogP contribution in [0.1, 0.15) is 24.3 Å².